The fraction of sp³-hybridized carbons (Fsp3) is 0.667. The number of rotatable bonds is 4. The Kier molecular flexibility index (Phi) is 5.20. The zero-order valence-corrected chi connectivity index (χ0v) is 13.7. The molecule has 1 nitrogen and oxygen atoms in total. The van der Waals surface area contributed by atoms with Gasteiger partial charge in [-0.2, -0.15) is 0 Å². The number of hydrogen-bond donors (Lipinski definition) is 1. The number of aliphatic hydroxyl groups is 1. The maximum atomic E-state index is 10.5. The molecule has 1 aromatic carbocycles. The summed E-state index contributed by atoms with van der Waals surface area (Å²) in [5, 5.41) is 10.5. The van der Waals surface area contributed by atoms with E-state index in [9.17, 15) is 5.11 Å². The van der Waals surface area contributed by atoms with Gasteiger partial charge in [-0.05, 0) is 67.2 Å². The summed E-state index contributed by atoms with van der Waals surface area (Å²) in [7, 11) is 0. The Balaban J connectivity index is 2.78. The molecule has 2 unspecified atom stereocenters. The predicted octanol–water partition coefficient (Wildman–Crippen LogP) is 5.11. The lowest BCUT2D eigenvalue weighted by Gasteiger charge is -2.25. The largest absolute Gasteiger partial charge is 0.388 e. The van der Waals surface area contributed by atoms with Crippen LogP contribution >= 0.6 is 0 Å². The summed E-state index contributed by atoms with van der Waals surface area (Å²) < 4.78 is 0. The van der Waals surface area contributed by atoms with Crippen molar-refractivity contribution in [3.8, 4) is 0 Å². The van der Waals surface area contributed by atoms with Crippen molar-refractivity contribution in [2.24, 2.45) is 11.3 Å². The molecule has 108 valence electrons. The number of hydrogen-bond acceptors (Lipinski definition) is 1. The van der Waals surface area contributed by atoms with E-state index >= 15 is 0 Å². The van der Waals surface area contributed by atoms with Crippen molar-refractivity contribution < 1.29 is 5.11 Å². The molecule has 1 aromatic rings. The molecule has 1 heteroatoms. The van der Waals surface area contributed by atoms with Crippen LogP contribution in [0.15, 0.2) is 12.1 Å². The van der Waals surface area contributed by atoms with Crippen molar-refractivity contribution in [1.29, 1.82) is 0 Å². The molecule has 19 heavy (non-hydrogen) atoms. The SMILES string of the molecule is Cc1cc(C)c(C(O)CC(C)CC(C)(C)C)cc1C. The van der Waals surface area contributed by atoms with E-state index in [2.05, 4.69) is 60.6 Å². The predicted molar refractivity (Wildman–Crippen MR) is 83.5 cm³/mol. The molecule has 0 aliphatic carbocycles. The molecule has 1 rings (SSSR count). The maximum absolute atomic E-state index is 10.5. The Labute approximate surface area is 119 Å². The molecular weight excluding hydrogens is 232 g/mol. The second kappa shape index (κ2) is 6.09. The Morgan fingerprint density at radius 2 is 1.53 bits per heavy atom. The normalized spacial score (nSPS) is 15.4. The van der Waals surface area contributed by atoms with Gasteiger partial charge in [-0.25, -0.2) is 0 Å². The number of aryl methyl sites for hydroxylation is 3. The molecule has 1 N–H and O–H groups in total. The van der Waals surface area contributed by atoms with Crippen LogP contribution in [0.3, 0.4) is 0 Å². The van der Waals surface area contributed by atoms with E-state index in [1.165, 1.54) is 16.7 Å². The van der Waals surface area contributed by atoms with E-state index in [4.69, 9.17) is 0 Å². The van der Waals surface area contributed by atoms with Gasteiger partial charge in [0.15, 0.2) is 0 Å². The van der Waals surface area contributed by atoms with Crippen LogP contribution in [0.2, 0.25) is 0 Å². The van der Waals surface area contributed by atoms with Gasteiger partial charge >= 0.3 is 0 Å². The lowest BCUT2D eigenvalue weighted by atomic mass is 9.82. The van der Waals surface area contributed by atoms with Gasteiger partial charge in [-0.1, -0.05) is 39.8 Å². The quantitative estimate of drug-likeness (QED) is 0.799. The standard InChI is InChI=1S/C18H30O/c1-12(11-18(5,6)7)8-17(19)16-10-14(3)13(2)9-15(16)4/h9-10,12,17,19H,8,11H2,1-7H3. The molecule has 0 aromatic heterocycles. The van der Waals surface area contributed by atoms with Gasteiger partial charge in [0.1, 0.15) is 0 Å². The second-order valence-corrected chi connectivity index (χ2v) is 7.41. The summed E-state index contributed by atoms with van der Waals surface area (Å²) in [6, 6.07) is 4.33. The minimum Gasteiger partial charge on any atom is -0.388 e. The fourth-order valence-corrected chi connectivity index (χ4v) is 2.98. The second-order valence-electron chi connectivity index (χ2n) is 7.41. The summed E-state index contributed by atoms with van der Waals surface area (Å²) in [4.78, 5) is 0. The summed E-state index contributed by atoms with van der Waals surface area (Å²) >= 11 is 0. The van der Waals surface area contributed by atoms with Crippen LogP contribution in [-0.2, 0) is 0 Å². The highest BCUT2D eigenvalue weighted by Gasteiger charge is 2.20. The molecule has 0 aliphatic heterocycles. The molecule has 0 saturated carbocycles. The lowest BCUT2D eigenvalue weighted by molar-refractivity contribution is 0.133. The molecule has 0 bridgehead atoms. The molecule has 0 saturated heterocycles. The van der Waals surface area contributed by atoms with Gasteiger partial charge in [-0.3, -0.25) is 0 Å². The summed E-state index contributed by atoms with van der Waals surface area (Å²) in [5.41, 5.74) is 5.21. The first kappa shape index (κ1) is 16.2. The van der Waals surface area contributed by atoms with Crippen LogP contribution < -0.4 is 0 Å². The highest BCUT2D eigenvalue weighted by Crippen LogP contribution is 2.32. The summed E-state index contributed by atoms with van der Waals surface area (Å²) in [6.07, 6.45) is 1.66. The molecule has 0 radical (unpaired) electrons. The Bertz CT molecular complexity index is 426. The van der Waals surface area contributed by atoms with E-state index < -0.39 is 0 Å². The van der Waals surface area contributed by atoms with Gasteiger partial charge in [0.2, 0.25) is 0 Å². The zero-order chi connectivity index (χ0) is 14.8. The first-order valence-corrected chi connectivity index (χ1v) is 7.36. The van der Waals surface area contributed by atoms with E-state index in [0.717, 1.165) is 18.4 Å². The summed E-state index contributed by atoms with van der Waals surface area (Å²) in [5.74, 6) is 0.538. The minimum atomic E-state index is -0.336. The average molecular weight is 262 g/mol. The Morgan fingerprint density at radius 3 is 2.05 bits per heavy atom. The summed E-state index contributed by atoms with van der Waals surface area (Å²) in [6.45, 7) is 15.4. The van der Waals surface area contributed by atoms with Crippen LogP contribution in [0.1, 0.15) is 68.9 Å². The van der Waals surface area contributed by atoms with Crippen LogP contribution in [0.5, 0.6) is 0 Å². The lowest BCUT2D eigenvalue weighted by Crippen LogP contribution is -2.14. The number of benzene rings is 1. The van der Waals surface area contributed by atoms with Crippen molar-refractivity contribution in [2.45, 2.75) is 67.4 Å². The number of aliphatic hydroxyl groups excluding tert-OH is 1. The molecule has 0 aliphatic rings. The smallest absolute Gasteiger partial charge is 0.0795 e. The molecule has 0 spiro atoms. The van der Waals surface area contributed by atoms with E-state index in [-0.39, 0.29) is 6.10 Å². The third-order valence-electron chi connectivity index (χ3n) is 3.83. The zero-order valence-electron chi connectivity index (χ0n) is 13.7. The Morgan fingerprint density at radius 1 is 1.00 bits per heavy atom. The molecule has 0 heterocycles. The van der Waals surface area contributed by atoms with Gasteiger partial charge in [-0.15, -0.1) is 0 Å². The highest BCUT2D eigenvalue weighted by molar-refractivity contribution is 5.37. The van der Waals surface area contributed by atoms with Gasteiger partial charge in [0, 0.05) is 0 Å². The van der Waals surface area contributed by atoms with Gasteiger partial charge in [0.25, 0.3) is 0 Å². The maximum Gasteiger partial charge on any atom is 0.0795 e. The van der Waals surface area contributed by atoms with Crippen LogP contribution in [0, 0.1) is 32.1 Å². The highest BCUT2D eigenvalue weighted by atomic mass is 16.3. The average Bonchev–Trinajstić information content (AvgIpc) is 2.20. The van der Waals surface area contributed by atoms with Gasteiger partial charge in [0.05, 0.1) is 6.10 Å². The fourth-order valence-electron chi connectivity index (χ4n) is 2.98. The Hall–Kier alpha value is -0.820. The topological polar surface area (TPSA) is 20.2 Å². The first-order valence-electron chi connectivity index (χ1n) is 7.36. The first-order chi connectivity index (χ1) is 8.60. The van der Waals surface area contributed by atoms with Crippen molar-refractivity contribution in [1.82, 2.24) is 0 Å². The van der Waals surface area contributed by atoms with Crippen LogP contribution in [0.4, 0.5) is 0 Å². The van der Waals surface area contributed by atoms with Crippen molar-refractivity contribution in [2.75, 3.05) is 0 Å². The third-order valence-corrected chi connectivity index (χ3v) is 3.83. The van der Waals surface area contributed by atoms with Crippen LogP contribution in [0.25, 0.3) is 0 Å². The third kappa shape index (κ3) is 4.99. The molecule has 0 fully saturated rings. The van der Waals surface area contributed by atoms with E-state index in [1.807, 2.05) is 0 Å². The molecule has 2 atom stereocenters. The monoisotopic (exact) mass is 262 g/mol. The van der Waals surface area contributed by atoms with Gasteiger partial charge < -0.3 is 5.11 Å². The minimum absolute atomic E-state index is 0.331. The molecule has 0 amide bonds. The molecular formula is C18H30O. The van der Waals surface area contributed by atoms with E-state index in [1.54, 1.807) is 0 Å². The van der Waals surface area contributed by atoms with Crippen molar-refractivity contribution in [3.05, 3.63) is 34.4 Å². The van der Waals surface area contributed by atoms with Crippen molar-refractivity contribution in [3.63, 3.8) is 0 Å². The van der Waals surface area contributed by atoms with E-state index in [0.29, 0.717) is 11.3 Å². The van der Waals surface area contributed by atoms with Crippen LogP contribution in [-0.4, -0.2) is 5.11 Å². The van der Waals surface area contributed by atoms with Crippen molar-refractivity contribution >= 4 is 0 Å².